The SMILES string of the molecule is CCCCOc1cccc(/C(Cn2ccnc2)=N/OCCCCC(=O)O)c1. The number of benzene rings is 1. The minimum Gasteiger partial charge on any atom is -0.494 e. The van der Waals surface area contributed by atoms with Crippen LogP contribution >= 0.6 is 0 Å². The Morgan fingerprint density at radius 2 is 2.15 bits per heavy atom. The molecule has 0 aliphatic heterocycles. The van der Waals surface area contributed by atoms with Crippen molar-refractivity contribution in [2.45, 2.75) is 45.6 Å². The maximum absolute atomic E-state index is 10.5. The van der Waals surface area contributed by atoms with Crippen LogP contribution in [-0.4, -0.2) is 39.6 Å². The maximum atomic E-state index is 10.5. The molecule has 2 aromatic rings. The van der Waals surface area contributed by atoms with E-state index in [1.807, 2.05) is 35.0 Å². The van der Waals surface area contributed by atoms with Gasteiger partial charge in [0.1, 0.15) is 18.1 Å². The monoisotopic (exact) mass is 373 g/mol. The summed E-state index contributed by atoms with van der Waals surface area (Å²) in [5.41, 5.74) is 1.68. The quantitative estimate of drug-likeness (QED) is 0.328. The number of imidazole rings is 1. The third-order valence-electron chi connectivity index (χ3n) is 3.88. The van der Waals surface area contributed by atoms with Crippen LogP contribution in [0.25, 0.3) is 0 Å². The third kappa shape index (κ3) is 7.94. The van der Waals surface area contributed by atoms with Gasteiger partial charge in [-0.2, -0.15) is 0 Å². The van der Waals surface area contributed by atoms with Gasteiger partial charge in [-0.1, -0.05) is 30.6 Å². The van der Waals surface area contributed by atoms with Crippen molar-refractivity contribution in [1.29, 1.82) is 0 Å². The summed E-state index contributed by atoms with van der Waals surface area (Å²) >= 11 is 0. The highest BCUT2D eigenvalue weighted by atomic mass is 16.6. The van der Waals surface area contributed by atoms with Gasteiger partial charge in [0, 0.05) is 24.4 Å². The molecule has 2 rings (SSSR count). The summed E-state index contributed by atoms with van der Waals surface area (Å²) in [6.45, 7) is 3.72. The Bertz CT molecular complexity index is 714. The lowest BCUT2D eigenvalue weighted by molar-refractivity contribution is -0.137. The van der Waals surface area contributed by atoms with E-state index in [4.69, 9.17) is 14.7 Å². The smallest absolute Gasteiger partial charge is 0.303 e. The van der Waals surface area contributed by atoms with E-state index in [9.17, 15) is 4.79 Å². The van der Waals surface area contributed by atoms with Gasteiger partial charge in [0.15, 0.2) is 0 Å². The first kappa shape index (κ1) is 20.5. The van der Waals surface area contributed by atoms with E-state index >= 15 is 0 Å². The molecule has 1 heterocycles. The fourth-order valence-electron chi connectivity index (χ4n) is 2.39. The van der Waals surface area contributed by atoms with Crippen molar-refractivity contribution in [3.05, 3.63) is 48.5 Å². The van der Waals surface area contributed by atoms with Crippen molar-refractivity contribution >= 4 is 11.7 Å². The molecule has 7 nitrogen and oxygen atoms in total. The van der Waals surface area contributed by atoms with E-state index in [1.165, 1.54) is 0 Å². The number of ether oxygens (including phenoxy) is 1. The van der Waals surface area contributed by atoms with E-state index in [0.717, 1.165) is 29.9 Å². The summed E-state index contributed by atoms with van der Waals surface area (Å²) < 4.78 is 7.70. The average molecular weight is 373 g/mol. The molecule has 0 saturated heterocycles. The van der Waals surface area contributed by atoms with Crippen LogP contribution < -0.4 is 4.74 Å². The van der Waals surface area contributed by atoms with Crippen LogP contribution in [0.4, 0.5) is 0 Å². The number of carbonyl (C=O) groups is 1. The van der Waals surface area contributed by atoms with E-state index in [0.29, 0.717) is 32.6 Å². The zero-order chi connectivity index (χ0) is 19.3. The fraction of sp³-hybridized carbons (Fsp3) is 0.450. The Hall–Kier alpha value is -2.83. The number of oxime groups is 1. The Kier molecular flexibility index (Phi) is 8.89. The Balaban J connectivity index is 2.01. The topological polar surface area (TPSA) is 85.9 Å². The van der Waals surface area contributed by atoms with Gasteiger partial charge in [-0.15, -0.1) is 0 Å². The van der Waals surface area contributed by atoms with Gasteiger partial charge < -0.3 is 19.2 Å². The normalized spacial score (nSPS) is 11.4. The van der Waals surface area contributed by atoms with Crippen LogP contribution in [0.1, 0.15) is 44.6 Å². The summed E-state index contributed by atoms with van der Waals surface area (Å²) in [5.74, 6) is 0.0138. The number of aromatic nitrogens is 2. The highest BCUT2D eigenvalue weighted by Gasteiger charge is 2.08. The van der Waals surface area contributed by atoms with Gasteiger partial charge in [0.2, 0.25) is 0 Å². The molecule has 7 heteroatoms. The van der Waals surface area contributed by atoms with Crippen LogP contribution in [0.15, 0.2) is 48.1 Å². The van der Waals surface area contributed by atoms with Crippen molar-refractivity contribution in [2.75, 3.05) is 13.2 Å². The van der Waals surface area contributed by atoms with Crippen LogP contribution in [0.2, 0.25) is 0 Å². The fourth-order valence-corrected chi connectivity index (χ4v) is 2.39. The molecule has 0 aliphatic carbocycles. The number of hydrogen-bond donors (Lipinski definition) is 1. The predicted octanol–water partition coefficient (Wildman–Crippen LogP) is 3.74. The number of unbranched alkanes of at least 4 members (excludes halogenated alkanes) is 2. The van der Waals surface area contributed by atoms with Gasteiger partial charge in [-0.05, 0) is 31.4 Å². The van der Waals surface area contributed by atoms with E-state index in [2.05, 4.69) is 17.1 Å². The predicted molar refractivity (Wildman–Crippen MR) is 103 cm³/mol. The van der Waals surface area contributed by atoms with Crippen LogP contribution in [-0.2, 0) is 16.2 Å². The molecule has 1 aromatic carbocycles. The molecule has 146 valence electrons. The molecule has 0 amide bonds. The molecule has 0 radical (unpaired) electrons. The molecule has 1 aromatic heterocycles. The number of nitrogens with zero attached hydrogens (tertiary/aromatic N) is 3. The van der Waals surface area contributed by atoms with E-state index < -0.39 is 5.97 Å². The van der Waals surface area contributed by atoms with Crippen molar-refractivity contribution < 1.29 is 19.5 Å². The molecular weight excluding hydrogens is 346 g/mol. The zero-order valence-corrected chi connectivity index (χ0v) is 15.7. The summed E-state index contributed by atoms with van der Waals surface area (Å²) in [6.07, 6.45) is 8.77. The number of carboxylic acid groups (broad SMARTS) is 1. The van der Waals surface area contributed by atoms with Crippen LogP contribution in [0, 0.1) is 0 Å². The number of rotatable bonds is 13. The lowest BCUT2D eigenvalue weighted by Crippen LogP contribution is -2.12. The van der Waals surface area contributed by atoms with Crippen molar-refractivity contribution in [1.82, 2.24) is 9.55 Å². The van der Waals surface area contributed by atoms with Gasteiger partial charge in [0.25, 0.3) is 0 Å². The van der Waals surface area contributed by atoms with Gasteiger partial charge in [-0.3, -0.25) is 4.79 Å². The van der Waals surface area contributed by atoms with Crippen molar-refractivity contribution in [3.63, 3.8) is 0 Å². The first-order valence-corrected chi connectivity index (χ1v) is 9.28. The minimum absolute atomic E-state index is 0.145. The van der Waals surface area contributed by atoms with Crippen molar-refractivity contribution in [2.24, 2.45) is 5.16 Å². The van der Waals surface area contributed by atoms with E-state index in [-0.39, 0.29) is 6.42 Å². The Morgan fingerprint density at radius 1 is 1.26 bits per heavy atom. The molecule has 0 atom stereocenters. The summed E-state index contributed by atoms with van der Waals surface area (Å²) in [4.78, 5) is 20.0. The standard InChI is InChI=1S/C20H27N3O4/c1-2-3-12-26-18-8-6-7-17(14-18)19(15-23-11-10-21-16-23)22-27-13-5-4-9-20(24)25/h6-8,10-11,14,16H,2-5,9,12-13,15H2,1H3,(H,24,25)/b22-19+. The second-order valence-electron chi connectivity index (χ2n) is 6.19. The molecule has 0 fully saturated rings. The first-order valence-electron chi connectivity index (χ1n) is 9.28. The van der Waals surface area contributed by atoms with Gasteiger partial charge in [0.05, 0.1) is 19.5 Å². The van der Waals surface area contributed by atoms with Crippen molar-refractivity contribution in [3.8, 4) is 5.75 Å². The lowest BCUT2D eigenvalue weighted by Gasteiger charge is -2.11. The third-order valence-corrected chi connectivity index (χ3v) is 3.88. The van der Waals surface area contributed by atoms with E-state index in [1.54, 1.807) is 12.5 Å². The molecule has 0 spiro atoms. The van der Waals surface area contributed by atoms with Gasteiger partial charge in [-0.25, -0.2) is 4.98 Å². The number of carboxylic acids is 1. The van der Waals surface area contributed by atoms with Gasteiger partial charge >= 0.3 is 5.97 Å². The lowest BCUT2D eigenvalue weighted by atomic mass is 10.1. The highest BCUT2D eigenvalue weighted by molar-refractivity contribution is 6.00. The molecule has 0 saturated carbocycles. The largest absolute Gasteiger partial charge is 0.494 e. The number of hydrogen-bond acceptors (Lipinski definition) is 5. The van der Waals surface area contributed by atoms with Crippen LogP contribution in [0.5, 0.6) is 5.75 Å². The molecule has 27 heavy (non-hydrogen) atoms. The zero-order valence-electron chi connectivity index (χ0n) is 15.7. The highest BCUT2D eigenvalue weighted by Crippen LogP contribution is 2.16. The maximum Gasteiger partial charge on any atom is 0.303 e. The Labute approximate surface area is 159 Å². The number of aliphatic carboxylic acids is 1. The summed E-state index contributed by atoms with van der Waals surface area (Å²) in [7, 11) is 0. The van der Waals surface area contributed by atoms with Crippen LogP contribution in [0.3, 0.4) is 0 Å². The summed E-state index contributed by atoms with van der Waals surface area (Å²) in [6, 6.07) is 7.79. The minimum atomic E-state index is -0.792. The molecule has 0 bridgehead atoms. The molecule has 0 unspecified atom stereocenters. The molecule has 1 N–H and O–H groups in total. The Morgan fingerprint density at radius 3 is 2.89 bits per heavy atom. The molecule has 0 aliphatic rings. The first-order chi connectivity index (χ1) is 13.2. The summed E-state index contributed by atoms with van der Waals surface area (Å²) in [5, 5.41) is 13.0. The second kappa shape index (κ2) is 11.7. The second-order valence-corrected chi connectivity index (χ2v) is 6.19. The molecular formula is C20H27N3O4. The average Bonchev–Trinajstić information content (AvgIpc) is 3.17.